The van der Waals surface area contributed by atoms with E-state index < -0.39 is 12.0 Å². The summed E-state index contributed by atoms with van der Waals surface area (Å²) < 4.78 is 6.04. The molecular weight excluding hydrogens is 328 g/mol. The number of benzene rings is 1. The van der Waals surface area contributed by atoms with E-state index >= 15 is 0 Å². The third-order valence-electron chi connectivity index (χ3n) is 3.15. The van der Waals surface area contributed by atoms with Crippen LogP contribution in [0.2, 0.25) is 0 Å². The molecule has 1 saturated heterocycles. The molecule has 2 amide bonds. The van der Waals surface area contributed by atoms with Gasteiger partial charge in [-0.05, 0) is 31.5 Å². The van der Waals surface area contributed by atoms with Gasteiger partial charge in [-0.15, -0.1) is 0 Å². The lowest BCUT2D eigenvalue weighted by Gasteiger charge is -2.17. The highest BCUT2D eigenvalue weighted by Gasteiger charge is 2.26. The van der Waals surface area contributed by atoms with Gasteiger partial charge in [0.05, 0.1) is 23.4 Å². The first-order valence-corrected chi connectivity index (χ1v) is 6.98. The van der Waals surface area contributed by atoms with Gasteiger partial charge < -0.3 is 20.5 Å². The van der Waals surface area contributed by atoms with Gasteiger partial charge in [0.1, 0.15) is 0 Å². The topological polar surface area (TPSA) is 87.7 Å². The largest absolute Gasteiger partial charge is 0.478 e. The third-order valence-corrected chi connectivity index (χ3v) is 3.65. The van der Waals surface area contributed by atoms with Crippen molar-refractivity contribution in [2.75, 3.05) is 11.9 Å². The van der Waals surface area contributed by atoms with Crippen LogP contribution in [0, 0.1) is 0 Å². The fraction of sp³-hybridized carbons (Fsp3) is 0.385. The summed E-state index contributed by atoms with van der Waals surface area (Å²) in [6, 6.07) is 4.10. The van der Waals surface area contributed by atoms with Crippen LogP contribution in [0.15, 0.2) is 22.7 Å². The molecule has 20 heavy (non-hydrogen) atoms. The van der Waals surface area contributed by atoms with Gasteiger partial charge in [-0.2, -0.15) is 0 Å². The van der Waals surface area contributed by atoms with Gasteiger partial charge in [-0.25, -0.2) is 9.59 Å². The molecule has 1 aromatic rings. The molecule has 0 spiro atoms. The van der Waals surface area contributed by atoms with Crippen LogP contribution in [0.3, 0.4) is 0 Å². The van der Waals surface area contributed by atoms with Crippen LogP contribution in [0.4, 0.5) is 10.5 Å². The van der Waals surface area contributed by atoms with Gasteiger partial charge in [0.25, 0.3) is 0 Å². The highest BCUT2D eigenvalue weighted by Crippen LogP contribution is 2.22. The molecule has 0 bridgehead atoms. The van der Waals surface area contributed by atoms with Crippen molar-refractivity contribution in [1.29, 1.82) is 0 Å². The van der Waals surface area contributed by atoms with Crippen molar-refractivity contribution in [3.63, 3.8) is 0 Å². The van der Waals surface area contributed by atoms with Gasteiger partial charge in [-0.3, -0.25) is 0 Å². The maximum absolute atomic E-state index is 11.9. The van der Waals surface area contributed by atoms with E-state index in [1.165, 1.54) is 6.07 Å². The zero-order valence-electron chi connectivity index (χ0n) is 10.9. The van der Waals surface area contributed by atoms with Crippen LogP contribution in [0.1, 0.15) is 23.7 Å². The minimum absolute atomic E-state index is 0.0396. The van der Waals surface area contributed by atoms with Gasteiger partial charge in [-0.1, -0.05) is 15.9 Å². The highest BCUT2D eigenvalue weighted by molar-refractivity contribution is 9.10. The quantitative estimate of drug-likeness (QED) is 0.787. The summed E-state index contributed by atoms with van der Waals surface area (Å²) in [6.45, 7) is 2.50. The molecule has 1 aliphatic rings. The van der Waals surface area contributed by atoms with Crippen LogP contribution in [-0.4, -0.2) is 35.9 Å². The number of anilines is 1. The SMILES string of the molecule is CC1OCCC1NC(=O)Nc1cc(Br)ccc1C(=O)O. The first-order valence-electron chi connectivity index (χ1n) is 6.19. The Morgan fingerprint density at radius 3 is 2.80 bits per heavy atom. The molecule has 2 atom stereocenters. The predicted molar refractivity (Wildman–Crippen MR) is 77.1 cm³/mol. The highest BCUT2D eigenvalue weighted by atomic mass is 79.9. The lowest BCUT2D eigenvalue weighted by molar-refractivity contribution is 0.0698. The number of carbonyl (C=O) groups excluding carboxylic acids is 1. The lowest BCUT2D eigenvalue weighted by Crippen LogP contribution is -2.41. The van der Waals surface area contributed by atoms with E-state index in [9.17, 15) is 9.59 Å². The Kier molecular flexibility index (Phi) is 4.61. The summed E-state index contributed by atoms with van der Waals surface area (Å²) in [7, 11) is 0. The van der Waals surface area contributed by atoms with E-state index in [0.717, 1.165) is 6.42 Å². The number of carboxylic acids is 1. The van der Waals surface area contributed by atoms with Gasteiger partial charge in [0, 0.05) is 11.1 Å². The predicted octanol–water partition coefficient (Wildman–Crippen LogP) is 2.45. The number of carboxylic acid groups (broad SMARTS) is 1. The fourth-order valence-electron chi connectivity index (χ4n) is 2.05. The molecule has 1 aromatic carbocycles. The molecule has 7 heteroatoms. The van der Waals surface area contributed by atoms with Crippen LogP contribution >= 0.6 is 15.9 Å². The number of rotatable bonds is 3. The van der Waals surface area contributed by atoms with Crippen molar-refractivity contribution < 1.29 is 19.4 Å². The molecule has 6 nitrogen and oxygen atoms in total. The number of hydrogen-bond acceptors (Lipinski definition) is 3. The maximum atomic E-state index is 11.9. The van der Waals surface area contributed by atoms with Crippen LogP contribution in [0.25, 0.3) is 0 Å². The van der Waals surface area contributed by atoms with E-state index in [1.807, 2.05) is 6.92 Å². The summed E-state index contributed by atoms with van der Waals surface area (Å²) >= 11 is 3.25. The zero-order chi connectivity index (χ0) is 14.7. The van der Waals surface area contributed by atoms with E-state index in [-0.39, 0.29) is 23.4 Å². The molecule has 1 heterocycles. The Labute approximate surface area is 124 Å². The molecule has 2 unspecified atom stereocenters. The summed E-state index contributed by atoms with van der Waals surface area (Å²) in [5, 5.41) is 14.4. The van der Waals surface area contributed by atoms with Crippen LogP contribution in [0.5, 0.6) is 0 Å². The number of urea groups is 1. The number of ether oxygens (including phenoxy) is 1. The average molecular weight is 343 g/mol. The molecule has 1 fully saturated rings. The molecule has 1 aliphatic heterocycles. The minimum atomic E-state index is -1.09. The standard InChI is InChI=1S/C13H15BrN2O4/c1-7-10(4-5-20-7)15-13(19)16-11-6-8(14)2-3-9(11)12(17)18/h2-3,6-7,10H,4-5H2,1H3,(H,17,18)(H2,15,16,19). The second kappa shape index (κ2) is 6.23. The second-order valence-electron chi connectivity index (χ2n) is 4.56. The van der Waals surface area contributed by atoms with Crippen molar-refractivity contribution >= 4 is 33.6 Å². The average Bonchev–Trinajstić information content (AvgIpc) is 2.74. The first kappa shape index (κ1) is 14.8. The fourth-order valence-corrected chi connectivity index (χ4v) is 2.42. The number of halogens is 1. The van der Waals surface area contributed by atoms with Gasteiger partial charge in [0.2, 0.25) is 0 Å². The first-order chi connectivity index (χ1) is 9.47. The monoisotopic (exact) mass is 342 g/mol. The van der Waals surface area contributed by atoms with Gasteiger partial charge in [0.15, 0.2) is 0 Å². The van der Waals surface area contributed by atoms with Crippen molar-refractivity contribution in [1.82, 2.24) is 5.32 Å². The molecule has 2 rings (SSSR count). The van der Waals surface area contributed by atoms with Crippen molar-refractivity contribution in [2.24, 2.45) is 0 Å². The molecular formula is C13H15BrN2O4. The molecule has 3 N–H and O–H groups in total. The van der Waals surface area contributed by atoms with Crippen molar-refractivity contribution in [3.8, 4) is 0 Å². The van der Waals surface area contributed by atoms with Crippen LogP contribution < -0.4 is 10.6 Å². The van der Waals surface area contributed by atoms with E-state index in [0.29, 0.717) is 11.1 Å². The Balaban J connectivity index is 2.07. The van der Waals surface area contributed by atoms with Crippen molar-refractivity contribution in [2.45, 2.75) is 25.5 Å². The molecule has 0 aliphatic carbocycles. The second-order valence-corrected chi connectivity index (χ2v) is 5.48. The molecule has 108 valence electrons. The number of aromatic carboxylic acids is 1. The Morgan fingerprint density at radius 1 is 1.45 bits per heavy atom. The molecule has 0 saturated carbocycles. The minimum Gasteiger partial charge on any atom is -0.478 e. The van der Waals surface area contributed by atoms with Crippen LogP contribution in [-0.2, 0) is 4.74 Å². The maximum Gasteiger partial charge on any atom is 0.337 e. The van der Waals surface area contributed by atoms with Gasteiger partial charge >= 0.3 is 12.0 Å². The molecule has 0 radical (unpaired) electrons. The third kappa shape index (κ3) is 3.49. The number of carbonyl (C=O) groups is 2. The smallest absolute Gasteiger partial charge is 0.337 e. The number of nitrogens with one attached hydrogen (secondary N) is 2. The van der Waals surface area contributed by atoms with E-state index in [1.54, 1.807) is 12.1 Å². The Morgan fingerprint density at radius 2 is 2.20 bits per heavy atom. The molecule has 0 aromatic heterocycles. The zero-order valence-corrected chi connectivity index (χ0v) is 12.4. The lowest BCUT2D eigenvalue weighted by atomic mass is 10.1. The Bertz CT molecular complexity index is 535. The van der Waals surface area contributed by atoms with E-state index in [2.05, 4.69) is 26.6 Å². The Hall–Kier alpha value is -1.60. The number of amides is 2. The summed E-state index contributed by atoms with van der Waals surface area (Å²) in [5.41, 5.74) is 0.287. The van der Waals surface area contributed by atoms with Crippen molar-refractivity contribution in [3.05, 3.63) is 28.2 Å². The van der Waals surface area contributed by atoms with E-state index in [4.69, 9.17) is 9.84 Å². The summed E-state index contributed by atoms with van der Waals surface area (Å²) in [5.74, 6) is -1.09. The summed E-state index contributed by atoms with van der Waals surface area (Å²) in [4.78, 5) is 23.0. The normalized spacial score (nSPS) is 21.5. The number of hydrogen-bond donors (Lipinski definition) is 3. The summed E-state index contributed by atoms with van der Waals surface area (Å²) in [6.07, 6.45) is 0.709.